The van der Waals surface area contributed by atoms with Gasteiger partial charge < -0.3 is 14.7 Å². The number of rotatable bonds is 8. The van der Waals surface area contributed by atoms with Crippen LogP contribution in [-0.2, 0) is 9.53 Å². The van der Waals surface area contributed by atoms with Gasteiger partial charge in [-0.2, -0.15) is 0 Å². The molecule has 1 aromatic heterocycles. The summed E-state index contributed by atoms with van der Waals surface area (Å²) in [6.45, 7) is 8.97. The fourth-order valence-corrected chi connectivity index (χ4v) is 3.12. The van der Waals surface area contributed by atoms with Crippen molar-refractivity contribution < 1.29 is 19.4 Å². The molecule has 0 spiro atoms. The van der Waals surface area contributed by atoms with Gasteiger partial charge in [-0.25, -0.2) is 4.79 Å². The van der Waals surface area contributed by atoms with Crippen molar-refractivity contribution >= 4 is 28.3 Å². The number of hydrogen-bond donors (Lipinski definition) is 1. The molecule has 0 amide bonds. The molecule has 0 bridgehead atoms. The highest BCUT2D eigenvalue weighted by Gasteiger charge is 2.24. The predicted octanol–water partition coefficient (Wildman–Crippen LogP) is 3.42. The Morgan fingerprint density at radius 3 is 2.50 bits per heavy atom. The minimum atomic E-state index is -0.831. The molecule has 1 unspecified atom stereocenters. The second-order valence-electron chi connectivity index (χ2n) is 5.94. The minimum Gasteiger partial charge on any atom is -0.481 e. The van der Waals surface area contributed by atoms with Gasteiger partial charge in [-0.05, 0) is 25.3 Å². The SMILES string of the molecule is COC(=O)c1cc(C)sc1N(CCC(C)C)CC(C)C(=O)O. The molecule has 1 rings (SSSR count). The van der Waals surface area contributed by atoms with Crippen molar-refractivity contribution in [3.63, 3.8) is 0 Å². The number of aliphatic carboxylic acids is 1. The van der Waals surface area contributed by atoms with E-state index in [9.17, 15) is 14.7 Å². The first kappa shape index (κ1) is 18.5. The first-order valence-corrected chi connectivity index (χ1v) is 8.24. The lowest BCUT2D eigenvalue weighted by molar-refractivity contribution is -0.140. The molecule has 0 saturated carbocycles. The molecule has 1 aromatic rings. The number of carboxylic acid groups (broad SMARTS) is 1. The normalized spacial score (nSPS) is 12.3. The van der Waals surface area contributed by atoms with E-state index in [1.165, 1.54) is 18.4 Å². The Hall–Kier alpha value is -1.56. The zero-order chi connectivity index (χ0) is 16.9. The second-order valence-corrected chi connectivity index (χ2v) is 7.17. The summed E-state index contributed by atoms with van der Waals surface area (Å²) in [4.78, 5) is 26.1. The summed E-state index contributed by atoms with van der Waals surface area (Å²) in [6.07, 6.45) is 0.934. The maximum atomic E-state index is 12.0. The highest BCUT2D eigenvalue weighted by molar-refractivity contribution is 7.16. The summed E-state index contributed by atoms with van der Waals surface area (Å²) in [5, 5.41) is 9.97. The molecule has 124 valence electrons. The van der Waals surface area contributed by atoms with Crippen LogP contribution in [0.1, 0.15) is 42.4 Å². The van der Waals surface area contributed by atoms with Gasteiger partial charge in [0.2, 0.25) is 0 Å². The fraction of sp³-hybridized carbons (Fsp3) is 0.625. The predicted molar refractivity (Wildman–Crippen MR) is 88.9 cm³/mol. The lowest BCUT2D eigenvalue weighted by Gasteiger charge is -2.26. The lowest BCUT2D eigenvalue weighted by Crippen LogP contribution is -2.33. The number of ether oxygens (including phenoxy) is 1. The number of methoxy groups -OCH3 is 1. The molecule has 0 aromatic carbocycles. The molecule has 5 nitrogen and oxygen atoms in total. The van der Waals surface area contributed by atoms with Crippen molar-refractivity contribution in [1.82, 2.24) is 0 Å². The Morgan fingerprint density at radius 2 is 2.00 bits per heavy atom. The number of nitrogens with zero attached hydrogens (tertiary/aromatic N) is 1. The van der Waals surface area contributed by atoms with Crippen LogP contribution < -0.4 is 4.90 Å². The fourth-order valence-electron chi connectivity index (χ4n) is 2.09. The van der Waals surface area contributed by atoms with Crippen molar-refractivity contribution in [2.75, 3.05) is 25.1 Å². The average Bonchev–Trinajstić information content (AvgIpc) is 2.83. The van der Waals surface area contributed by atoms with Gasteiger partial charge in [0.05, 0.1) is 18.6 Å². The van der Waals surface area contributed by atoms with Gasteiger partial charge in [0.15, 0.2) is 0 Å². The van der Waals surface area contributed by atoms with Crippen molar-refractivity contribution in [3.05, 3.63) is 16.5 Å². The molecule has 0 radical (unpaired) electrons. The van der Waals surface area contributed by atoms with Crippen molar-refractivity contribution in [2.45, 2.75) is 34.1 Å². The van der Waals surface area contributed by atoms with Crippen LogP contribution in [0.4, 0.5) is 5.00 Å². The molecule has 0 aliphatic rings. The number of carbonyl (C=O) groups excluding carboxylic acids is 1. The molecule has 6 heteroatoms. The van der Waals surface area contributed by atoms with Crippen LogP contribution in [0.25, 0.3) is 0 Å². The van der Waals surface area contributed by atoms with Crippen LogP contribution in [0, 0.1) is 18.8 Å². The summed E-state index contributed by atoms with van der Waals surface area (Å²) in [5.74, 6) is -1.20. The third-order valence-electron chi connectivity index (χ3n) is 3.42. The summed E-state index contributed by atoms with van der Waals surface area (Å²) in [6, 6.07) is 1.81. The van der Waals surface area contributed by atoms with E-state index in [1.54, 1.807) is 13.0 Å². The van der Waals surface area contributed by atoms with E-state index in [-0.39, 0.29) is 5.97 Å². The van der Waals surface area contributed by atoms with E-state index in [2.05, 4.69) is 13.8 Å². The number of aryl methyl sites for hydroxylation is 1. The van der Waals surface area contributed by atoms with E-state index in [4.69, 9.17) is 4.74 Å². The van der Waals surface area contributed by atoms with Crippen LogP contribution >= 0.6 is 11.3 Å². The zero-order valence-electron chi connectivity index (χ0n) is 13.9. The Kier molecular flexibility index (Phi) is 6.87. The third-order valence-corrected chi connectivity index (χ3v) is 4.53. The van der Waals surface area contributed by atoms with E-state index < -0.39 is 11.9 Å². The van der Waals surface area contributed by atoms with E-state index in [0.717, 1.165) is 22.8 Å². The van der Waals surface area contributed by atoms with Crippen molar-refractivity contribution in [2.24, 2.45) is 11.8 Å². The Bertz CT molecular complexity index is 524. The Balaban J connectivity index is 3.08. The van der Waals surface area contributed by atoms with Crippen molar-refractivity contribution in [1.29, 1.82) is 0 Å². The van der Waals surface area contributed by atoms with Gasteiger partial charge in [-0.3, -0.25) is 4.79 Å². The summed E-state index contributed by atoms with van der Waals surface area (Å²) >= 11 is 1.50. The summed E-state index contributed by atoms with van der Waals surface area (Å²) in [7, 11) is 1.36. The molecule has 1 atom stereocenters. The van der Waals surface area contributed by atoms with Crippen LogP contribution in [0.2, 0.25) is 0 Å². The van der Waals surface area contributed by atoms with Crippen LogP contribution in [0.5, 0.6) is 0 Å². The molecule has 22 heavy (non-hydrogen) atoms. The minimum absolute atomic E-state index is 0.378. The maximum Gasteiger partial charge on any atom is 0.340 e. The number of anilines is 1. The highest BCUT2D eigenvalue weighted by Crippen LogP contribution is 2.33. The number of carboxylic acids is 1. The monoisotopic (exact) mass is 327 g/mol. The lowest BCUT2D eigenvalue weighted by atomic mass is 10.1. The Morgan fingerprint density at radius 1 is 1.36 bits per heavy atom. The van der Waals surface area contributed by atoms with Crippen molar-refractivity contribution in [3.8, 4) is 0 Å². The molecule has 0 aliphatic heterocycles. The molecular weight excluding hydrogens is 302 g/mol. The molecular formula is C16H25NO4S. The summed E-state index contributed by atoms with van der Waals surface area (Å²) in [5.41, 5.74) is 0.520. The highest BCUT2D eigenvalue weighted by atomic mass is 32.1. The largest absolute Gasteiger partial charge is 0.481 e. The standard InChI is InChI=1S/C16H25NO4S/c1-10(2)6-7-17(9-11(3)15(18)19)14-13(16(20)21-5)8-12(4)22-14/h8,10-11H,6-7,9H2,1-5H3,(H,18,19). The maximum absolute atomic E-state index is 12.0. The molecule has 0 fully saturated rings. The van der Waals surface area contributed by atoms with E-state index in [1.807, 2.05) is 11.8 Å². The smallest absolute Gasteiger partial charge is 0.340 e. The quantitative estimate of drug-likeness (QED) is 0.741. The number of esters is 1. The number of thiophene rings is 1. The first-order valence-electron chi connectivity index (χ1n) is 7.42. The molecule has 0 aliphatic carbocycles. The number of hydrogen-bond acceptors (Lipinski definition) is 5. The zero-order valence-corrected chi connectivity index (χ0v) is 14.7. The number of carbonyl (C=O) groups is 2. The van der Waals surface area contributed by atoms with Crippen LogP contribution in [0.3, 0.4) is 0 Å². The van der Waals surface area contributed by atoms with Gasteiger partial charge in [0.25, 0.3) is 0 Å². The molecule has 1 N–H and O–H groups in total. The van der Waals surface area contributed by atoms with Gasteiger partial charge >= 0.3 is 11.9 Å². The van der Waals surface area contributed by atoms with E-state index in [0.29, 0.717) is 18.0 Å². The molecule has 0 saturated heterocycles. The third kappa shape index (κ3) is 5.02. The first-order chi connectivity index (χ1) is 10.3. The molecule has 1 heterocycles. The average molecular weight is 327 g/mol. The second kappa shape index (κ2) is 8.17. The van der Waals surface area contributed by atoms with Gasteiger partial charge in [0, 0.05) is 18.0 Å². The Labute approximate surface area is 135 Å². The van der Waals surface area contributed by atoms with Gasteiger partial charge in [0.1, 0.15) is 5.00 Å². The topological polar surface area (TPSA) is 66.8 Å². The van der Waals surface area contributed by atoms with E-state index >= 15 is 0 Å². The van der Waals surface area contributed by atoms with Gasteiger partial charge in [-0.1, -0.05) is 20.8 Å². The van der Waals surface area contributed by atoms with Crippen LogP contribution in [0.15, 0.2) is 6.07 Å². The van der Waals surface area contributed by atoms with Gasteiger partial charge in [-0.15, -0.1) is 11.3 Å². The summed E-state index contributed by atoms with van der Waals surface area (Å²) < 4.78 is 4.84. The van der Waals surface area contributed by atoms with Crippen LogP contribution in [-0.4, -0.2) is 37.2 Å².